The van der Waals surface area contributed by atoms with Gasteiger partial charge in [-0.15, -0.1) is 0 Å². The fourth-order valence-electron chi connectivity index (χ4n) is 8.02. The molecule has 2 nitrogen and oxygen atoms in total. The molecule has 0 aliphatic rings. The van der Waals surface area contributed by atoms with Crippen LogP contribution in [0.25, 0.3) is 76.6 Å². The van der Waals surface area contributed by atoms with E-state index in [0.717, 1.165) is 28.0 Å². The number of hydrogen-bond acceptors (Lipinski definition) is 2. The Balaban J connectivity index is 1.05. The van der Waals surface area contributed by atoms with Gasteiger partial charge in [-0.2, -0.15) is 0 Å². The number of rotatable bonds is 6. The summed E-state index contributed by atoms with van der Waals surface area (Å²) in [6.07, 6.45) is 1.85. The number of nitrogens with zero attached hydrogens (tertiary/aromatic N) is 2. The molecule has 0 radical (unpaired) electrons. The van der Waals surface area contributed by atoms with Gasteiger partial charge in [-0.1, -0.05) is 158 Å². The van der Waals surface area contributed by atoms with Crippen molar-refractivity contribution in [3.63, 3.8) is 0 Å². The molecule has 0 bridgehead atoms. The van der Waals surface area contributed by atoms with E-state index in [-0.39, 0.29) is 0 Å². The molecule has 53 heavy (non-hydrogen) atoms. The molecule has 10 aromatic rings. The van der Waals surface area contributed by atoms with Gasteiger partial charge in [0, 0.05) is 28.6 Å². The molecule has 0 aliphatic carbocycles. The van der Waals surface area contributed by atoms with Crippen LogP contribution in [0.15, 0.2) is 206 Å². The van der Waals surface area contributed by atoms with E-state index in [2.05, 4.69) is 204 Å². The highest BCUT2D eigenvalue weighted by Crippen LogP contribution is 2.45. The second-order valence-electron chi connectivity index (χ2n) is 13.5. The number of pyridine rings is 1. The molecule has 2 heteroatoms. The van der Waals surface area contributed by atoms with Crippen LogP contribution in [-0.4, -0.2) is 4.98 Å². The number of anilines is 3. The zero-order valence-electron chi connectivity index (χ0n) is 29.0. The van der Waals surface area contributed by atoms with Gasteiger partial charge in [0.15, 0.2) is 0 Å². The van der Waals surface area contributed by atoms with Crippen molar-refractivity contribution in [3.8, 4) is 33.4 Å². The molecule has 0 N–H and O–H groups in total. The molecule has 9 aromatic carbocycles. The van der Waals surface area contributed by atoms with Crippen LogP contribution in [0.5, 0.6) is 0 Å². The Morgan fingerprint density at radius 3 is 1.53 bits per heavy atom. The van der Waals surface area contributed by atoms with E-state index < -0.39 is 0 Å². The minimum absolute atomic E-state index is 0.978. The molecule has 0 atom stereocenters. The molecule has 10 rings (SSSR count). The third kappa shape index (κ3) is 5.40. The standard InChI is InChI=1S/C51H34N2/c1-2-15-40(16-3-1)53(42-32-29-38-14-11-33-52-49(38)34-42)41-30-27-36(28-31-41)35-23-25-39(26-24-35)50-45-18-6-8-20-47(45)51(48-21-9-7-19-46(48)50)44-22-10-13-37-12-4-5-17-43(37)44/h1-34H. The monoisotopic (exact) mass is 674 g/mol. The number of aromatic nitrogens is 1. The number of para-hydroxylation sites is 1. The first-order chi connectivity index (χ1) is 26.3. The summed E-state index contributed by atoms with van der Waals surface area (Å²) in [7, 11) is 0. The van der Waals surface area contributed by atoms with Gasteiger partial charge in [-0.25, -0.2) is 0 Å². The van der Waals surface area contributed by atoms with Crippen LogP contribution in [0.4, 0.5) is 17.1 Å². The van der Waals surface area contributed by atoms with E-state index in [1.807, 2.05) is 12.3 Å². The quantitative estimate of drug-likeness (QED) is 0.163. The van der Waals surface area contributed by atoms with Crippen molar-refractivity contribution >= 4 is 60.3 Å². The predicted molar refractivity (Wildman–Crippen MR) is 225 cm³/mol. The second kappa shape index (κ2) is 12.9. The molecule has 0 saturated heterocycles. The Bertz CT molecular complexity index is 2870. The summed E-state index contributed by atoms with van der Waals surface area (Å²) in [4.78, 5) is 6.92. The van der Waals surface area contributed by atoms with Crippen LogP contribution in [0.2, 0.25) is 0 Å². The first kappa shape index (κ1) is 30.8. The molecular formula is C51H34N2. The van der Waals surface area contributed by atoms with Crippen LogP contribution >= 0.6 is 0 Å². The zero-order valence-corrected chi connectivity index (χ0v) is 29.0. The molecule has 1 heterocycles. The smallest absolute Gasteiger partial charge is 0.0722 e. The third-order valence-corrected chi connectivity index (χ3v) is 10.5. The van der Waals surface area contributed by atoms with Crippen molar-refractivity contribution in [2.75, 3.05) is 4.90 Å². The van der Waals surface area contributed by atoms with E-state index >= 15 is 0 Å². The molecule has 0 aliphatic heterocycles. The Hall–Kier alpha value is -7.03. The third-order valence-electron chi connectivity index (χ3n) is 10.5. The maximum absolute atomic E-state index is 4.63. The second-order valence-corrected chi connectivity index (χ2v) is 13.5. The highest BCUT2D eigenvalue weighted by molar-refractivity contribution is 6.23. The summed E-state index contributed by atoms with van der Waals surface area (Å²) in [6, 6.07) is 72.2. The maximum atomic E-state index is 4.63. The molecule has 0 unspecified atom stereocenters. The first-order valence-electron chi connectivity index (χ1n) is 18.1. The van der Waals surface area contributed by atoms with E-state index in [1.54, 1.807) is 0 Å². The summed E-state index contributed by atoms with van der Waals surface area (Å²) < 4.78 is 0. The minimum atomic E-state index is 0.978. The molecule has 0 spiro atoms. The van der Waals surface area contributed by atoms with Crippen molar-refractivity contribution in [1.29, 1.82) is 0 Å². The van der Waals surface area contributed by atoms with Gasteiger partial charge in [-0.3, -0.25) is 4.98 Å². The SMILES string of the molecule is c1ccc(N(c2ccc(-c3ccc(-c4c5ccccc5c(-c5cccc6ccccc56)c5ccccc45)cc3)cc2)c2ccc3cccnc3c2)cc1. The number of benzene rings is 9. The summed E-state index contributed by atoms with van der Waals surface area (Å²) in [5, 5.41) is 8.71. The molecule has 0 fully saturated rings. The van der Waals surface area contributed by atoms with Gasteiger partial charge in [0.25, 0.3) is 0 Å². The largest absolute Gasteiger partial charge is 0.310 e. The van der Waals surface area contributed by atoms with Crippen LogP contribution in [0.1, 0.15) is 0 Å². The average Bonchev–Trinajstić information content (AvgIpc) is 3.23. The fraction of sp³-hybridized carbons (Fsp3) is 0. The van der Waals surface area contributed by atoms with Crippen molar-refractivity contribution in [1.82, 2.24) is 4.98 Å². The minimum Gasteiger partial charge on any atom is -0.310 e. The van der Waals surface area contributed by atoms with Crippen molar-refractivity contribution in [2.24, 2.45) is 0 Å². The Morgan fingerprint density at radius 2 is 0.830 bits per heavy atom. The van der Waals surface area contributed by atoms with Crippen LogP contribution in [0.3, 0.4) is 0 Å². The lowest BCUT2D eigenvalue weighted by atomic mass is 9.84. The van der Waals surface area contributed by atoms with E-state index in [1.165, 1.54) is 65.7 Å². The lowest BCUT2D eigenvalue weighted by molar-refractivity contribution is 1.28. The van der Waals surface area contributed by atoms with Gasteiger partial charge in [0.2, 0.25) is 0 Å². The fourth-order valence-corrected chi connectivity index (χ4v) is 8.02. The lowest BCUT2D eigenvalue weighted by Crippen LogP contribution is -2.09. The zero-order chi connectivity index (χ0) is 35.1. The molecule has 0 saturated carbocycles. The predicted octanol–water partition coefficient (Wildman–Crippen LogP) is 14.2. The summed E-state index contributed by atoms with van der Waals surface area (Å²) in [5.74, 6) is 0. The topological polar surface area (TPSA) is 16.1 Å². The Kier molecular flexibility index (Phi) is 7.51. The first-order valence-corrected chi connectivity index (χ1v) is 18.1. The van der Waals surface area contributed by atoms with Crippen LogP contribution < -0.4 is 4.90 Å². The number of hydrogen-bond donors (Lipinski definition) is 0. The van der Waals surface area contributed by atoms with Crippen molar-refractivity contribution in [2.45, 2.75) is 0 Å². The molecule has 248 valence electrons. The highest BCUT2D eigenvalue weighted by Gasteiger charge is 2.18. The van der Waals surface area contributed by atoms with Gasteiger partial charge in [0.05, 0.1) is 5.52 Å². The normalized spacial score (nSPS) is 11.4. The van der Waals surface area contributed by atoms with E-state index in [9.17, 15) is 0 Å². The van der Waals surface area contributed by atoms with Gasteiger partial charge in [-0.05, 0) is 108 Å². The molecule has 1 aromatic heterocycles. The lowest BCUT2D eigenvalue weighted by Gasteiger charge is -2.26. The molecule has 0 amide bonds. The molecular weight excluding hydrogens is 641 g/mol. The number of fused-ring (bicyclic) bond motifs is 4. The summed E-state index contributed by atoms with van der Waals surface area (Å²) in [5.41, 5.74) is 11.6. The summed E-state index contributed by atoms with van der Waals surface area (Å²) in [6.45, 7) is 0. The van der Waals surface area contributed by atoms with Gasteiger partial charge in [0.1, 0.15) is 0 Å². The Morgan fingerprint density at radius 1 is 0.321 bits per heavy atom. The van der Waals surface area contributed by atoms with Gasteiger partial charge >= 0.3 is 0 Å². The van der Waals surface area contributed by atoms with Gasteiger partial charge < -0.3 is 4.90 Å². The average molecular weight is 675 g/mol. The van der Waals surface area contributed by atoms with Crippen molar-refractivity contribution in [3.05, 3.63) is 206 Å². The Labute approximate surface area is 308 Å². The van der Waals surface area contributed by atoms with E-state index in [4.69, 9.17) is 0 Å². The summed E-state index contributed by atoms with van der Waals surface area (Å²) >= 11 is 0. The van der Waals surface area contributed by atoms with Crippen molar-refractivity contribution < 1.29 is 0 Å². The van der Waals surface area contributed by atoms with Crippen LogP contribution in [-0.2, 0) is 0 Å². The highest BCUT2D eigenvalue weighted by atomic mass is 15.1. The maximum Gasteiger partial charge on any atom is 0.0722 e. The van der Waals surface area contributed by atoms with E-state index in [0.29, 0.717) is 0 Å². The van der Waals surface area contributed by atoms with Crippen LogP contribution in [0, 0.1) is 0 Å².